The van der Waals surface area contributed by atoms with Crippen LogP contribution < -0.4 is 5.32 Å². The summed E-state index contributed by atoms with van der Waals surface area (Å²) in [5.74, 6) is 0. The largest absolute Gasteiger partial charge is 0.381 e. The topological polar surface area (TPSA) is 12.0 Å². The van der Waals surface area contributed by atoms with E-state index in [-0.39, 0.29) is 0 Å². The van der Waals surface area contributed by atoms with Gasteiger partial charge in [-0.2, -0.15) is 0 Å². The Kier molecular flexibility index (Phi) is 5.39. The molecule has 0 bridgehead atoms. The van der Waals surface area contributed by atoms with Crippen LogP contribution in [0.2, 0.25) is 0 Å². The molecule has 2 aromatic rings. The van der Waals surface area contributed by atoms with E-state index in [2.05, 4.69) is 86.8 Å². The molecule has 2 rings (SSSR count). The molecular weight excluding hydrogens is 254 g/mol. The molecule has 1 N–H and O–H groups in total. The van der Waals surface area contributed by atoms with Crippen LogP contribution in [0.3, 0.4) is 0 Å². The third kappa shape index (κ3) is 4.35. The molecule has 0 fully saturated rings. The van der Waals surface area contributed by atoms with Gasteiger partial charge in [0.25, 0.3) is 0 Å². The summed E-state index contributed by atoms with van der Waals surface area (Å²) in [4.78, 5) is 0. The monoisotopic (exact) mass is 277 g/mol. The van der Waals surface area contributed by atoms with E-state index in [0.717, 1.165) is 12.2 Å². The standard InChI is InChI=1S/C20H23N/c1-4-19(21-15-18-11-6-5-7-12-18)14-17(3)20-13-9-8-10-16(20)2/h4-14,21H,15H2,1-3H3. The van der Waals surface area contributed by atoms with Gasteiger partial charge in [-0.25, -0.2) is 0 Å². The molecule has 1 heteroatoms. The van der Waals surface area contributed by atoms with Crippen molar-refractivity contribution in [3.05, 3.63) is 89.1 Å². The van der Waals surface area contributed by atoms with Crippen LogP contribution in [0.5, 0.6) is 0 Å². The molecule has 108 valence electrons. The molecule has 0 aliphatic carbocycles. The smallest absolute Gasteiger partial charge is 0.0400 e. The van der Waals surface area contributed by atoms with Gasteiger partial charge in [0.1, 0.15) is 0 Å². The summed E-state index contributed by atoms with van der Waals surface area (Å²) in [6.45, 7) is 7.22. The summed E-state index contributed by atoms with van der Waals surface area (Å²) in [5, 5.41) is 3.49. The van der Waals surface area contributed by atoms with Crippen molar-refractivity contribution in [2.24, 2.45) is 0 Å². The molecule has 0 saturated carbocycles. The molecule has 0 saturated heterocycles. The van der Waals surface area contributed by atoms with Crippen LogP contribution in [0.1, 0.15) is 30.5 Å². The van der Waals surface area contributed by atoms with Crippen molar-refractivity contribution in [3.63, 3.8) is 0 Å². The highest BCUT2D eigenvalue weighted by molar-refractivity contribution is 5.68. The third-order valence-corrected chi connectivity index (χ3v) is 3.59. The first kappa shape index (κ1) is 15.1. The normalized spacial score (nSPS) is 12.3. The maximum Gasteiger partial charge on any atom is 0.0400 e. The fourth-order valence-corrected chi connectivity index (χ4v) is 2.36. The van der Waals surface area contributed by atoms with Crippen LogP contribution in [0.25, 0.3) is 5.57 Å². The van der Waals surface area contributed by atoms with Crippen molar-refractivity contribution in [1.29, 1.82) is 0 Å². The Bertz CT molecular complexity index is 636. The summed E-state index contributed by atoms with van der Waals surface area (Å²) in [6, 6.07) is 19.0. The van der Waals surface area contributed by atoms with Crippen molar-refractivity contribution < 1.29 is 0 Å². The average Bonchev–Trinajstić information content (AvgIpc) is 2.52. The van der Waals surface area contributed by atoms with Crippen molar-refractivity contribution in [2.45, 2.75) is 27.3 Å². The van der Waals surface area contributed by atoms with Crippen molar-refractivity contribution >= 4 is 5.57 Å². The third-order valence-electron chi connectivity index (χ3n) is 3.59. The second-order valence-electron chi connectivity index (χ2n) is 5.23. The van der Waals surface area contributed by atoms with Crippen molar-refractivity contribution in [3.8, 4) is 0 Å². The minimum absolute atomic E-state index is 0.845. The van der Waals surface area contributed by atoms with Crippen LogP contribution >= 0.6 is 0 Å². The molecule has 2 aromatic carbocycles. The lowest BCUT2D eigenvalue weighted by atomic mass is 10.0. The van der Waals surface area contributed by atoms with Crippen LogP contribution in [-0.4, -0.2) is 0 Å². The lowest BCUT2D eigenvalue weighted by Gasteiger charge is -2.10. The van der Waals surface area contributed by atoms with E-state index in [1.165, 1.54) is 22.3 Å². The lowest BCUT2D eigenvalue weighted by molar-refractivity contribution is 0.831. The number of hydrogen-bond acceptors (Lipinski definition) is 1. The van der Waals surface area contributed by atoms with Crippen LogP contribution in [0.15, 0.2) is 72.4 Å². The quantitative estimate of drug-likeness (QED) is 0.750. The molecule has 0 aliphatic rings. The number of aryl methyl sites for hydroxylation is 1. The van der Waals surface area contributed by atoms with Crippen LogP contribution in [-0.2, 0) is 6.54 Å². The summed E-state index contributed by atoms with van der Waals surface area (Å²) in [5.41, 5.74) is 6.34. The zero-order valence-electron chi connectivity index (χ0n) is 13.1. The van der Waals surface area contributed by atoms with E-state index < -0.39 is 0 Å². The minimum atomic E-state index is 0.845. The van der Waals surface area contributed by atoms with Gasteiger partial charge in [-0.1, -0.05) is 60.7 Å². The number of hydrogen-bond donors (Lipinski definition) is 1. The van der Waals surface area contributed by atoms with Gasteiger partial charge >= 0.3 is 0 Å². The van der Waals surface area contributed by atoms with E-state index >= 15 is 0 Å². The van der Waals surface area contributed by atoms with Gasteiger partial charge in [0.2, 0.25) is 0 Å². The Hall–Kier alpha value is -2.28. The zero-order valence-corrected chi connectivity index (χ0v) is 13.1. The van der Waals surface area contributed by atoms with E-state index in [4.69, 9.17) is 0 Å². The van der Waals surface area contributed by atoms with Crippen molar-refractivity contribution in [1.82, 2.24) is 5.32 Å². The SMILES string of the molecule is CC=C(C=C(C)c1ccccc1C)NCc1ccccc1. The lowest BCUT2D eigenvalue weighted by Crippen LogP contribution is -2.11. The predicted octanol–water partition coefficient (Wildman–Crippen LogP) is 5.09. The molecule has 0 heterocycles. The molecule has 0 radical (unpaired) electrons. The van der Waals surface area contributed by atoms with Gasteiger partial charge in [0.05, 0.1) is 0 Å². The summed E-state index contributed by atoms with van der Waals surface area (Å²) in [7, 11) is 0. The van der Waals surface area contributed by atoms with Gasteiger partial charge < -0.3 is 5.32 Å². The summed E-state index contributed by atoms with van der Waals surface area (Å²) < 4.78 is 0. The second kappa shape index (κ2) is 7.49. The molecule has 0 unspecified atom stereocenters. The van der Waals surface area contributed by atoms with Crippen LogP contribution in [0.4, 0.5) is 0 Å². The van der Waals surface area contributed by atoms with Gasteiger partial charge in [0.15, 0.2) is 0 Å². The molecular formula is C20H23N. The van der Waals surface area contributed by atoms with E-state index in [1.54, 1.807) is 0 Å². The number of nitrogens with one attached hydrogen (secondary N) is 1. The Morgan fingerprint density at radius 3 is 2.33 bits per heavy atom. The van der Waals surface area contributed by atoms with Gasteiger partial charge in [-0.3, -0.25) is 0 Å². The first-order valence-electron chi connectivity index (χ1n) is 7.39. The number of benzene rings is 2. The summed E-state index contributed by atoms with van der Waals surface area (Å²) in [6.07, 6.45) is 4.33. The molecule has 0 atom stereocenters. The highest BCUT2D eigenvalue weighted by atomic mass is 14.9. The molecule has 0 amide bonds. The average molecular weight is 277 g/mol. The molecule has 0 aliphatic heterocycles. The van der Waals surface area contributed by atoms with E-state index in [0.29, 0.717) is 0 Å². The van der Waals surface area contributed by atoms with E-state index in [9.17, 15) is 0 Å². The van der Waals surface area contributed by atoms with E-state index in [1.807, 2.05) is 6.07 Å². The highest BCUT2D eigenvalue weighted by Gasteiger charge is 2.00. The van der Waals surface area contributed by atoms with Gasteiger partial charge in [0, 0.05) is 12.2 Å². The Balaban J connectivity index is 2.08. The highest BCUT2D eigenvalue weighted by Crippen LogP contribution is 2.19. The fourth-order valence-electron chi connectivity index (χ4n) is 2.36. The van der Waals surface area contributed by atoms with Crippen LogP contribution in [0, 0.1) is 6.92 Å². The molecule has 0 aromatic heterocycles. The maximum atomic E-state index is 3.49. The molecule has 21 heavy (non-hydrogen) atoms. The Morgan fingerprint density at radius 1 is 1.00 bits per heavy atom. The minimum Gasteiger partial charge on any atom is -0.381 e. The fraction of sp³-hybridized carbons (Fsp3) is 0.200. The predicted molar refractivity (Wildman–Crippen MR) is 91.9 cm³/mol. The van der Waals surface area contributed by atoms with Crippen molar-refractivity contribution in [2.75, 3.05) is 0 Å². The summed E-state index contributed by atoms with van der Waals surface area (Å²) >= 11 is 0. The maximum absolute atomic E-state index is 3.49. The first-order chi connectivity index (χ1) is 10.2. The van der Waals surface area contributed by atoms with Gasteiger partial charge in [-0.15, -0.1) is 0 Å². The molecule has 0 spiro atoms. The first-order valence-corrected chi connectivity index (χ1v) is 7.39. The Morgan fingerprint density at radius 2 is 1.67 bits per heavy atom. The van der Waals surface area contributed by atoms with Gasteiger partial charge in [-0.05, 0) is 49.1 Å². The number of rotatable bonds is 5. The Labute approximate surface area is 128 Å². The number of allylic oxidation sites excluding steroid dienone is 3. The zero-order chi connectivity index (χ0) is 15.1. The second-order valence-corrected chi connectivity index (χ2v) is 5.23. The molecule has 1 nitrogen and oxygen atoms in total.